The third kappa shape index (κ3) is 3.47. The summed E-state index contributed by atoms with van der Waals surface area (Å²) in [6, 6.07) is 14.2. The van der Waals surface area contributed by atoms with Crippen LogP contribution in [0.4, 0.5) is 0 Å². The number of benzene rings is 2. The van der Waals surface area contributed by atoms with Crippen molar-refractivity contribution in [3.05, 3.63) is 53.6 Å². The molecule has 0 amide bonds. The lowest BCUT2D eigenvalue weighted by Crippen LogP contribution is -2.26. The molecule has 3 nitrogen and oxygen atoms in total. The van der Waals surface area contributed by atoms with E-state index in [4.69, 9.17) is 14.2 Å². The molecular weight excluding hydrogens is 328 g/mol. The van der Waals surface area contributed by atoms with Crippen molar-refractivity contribution in [3.8, 4) is 11.5 Å². The van der Waals surface area contributed by atoms with E-state index in [0.29, 0.717) is 0 Å². The van der Waals surface area contributed by atoms with Gasteiger partial charge in [-0.3, -0.25) is 0 Å². The summed E-state index contributed by atoms with van der Waals surface area (Å²) in [6.07, 6.45) is 4.11. The zero-order valence-electron chi connectivity index (χ0n) is 14.1. The molecule has 0 N–H and O–H groups in total. The minimum absolute atomic E-state index is 0.630. The van der Waals surface area contributed by atoms with E-state index in [-0.39, 0.29) is 0 Å². The molecule has 0 heterocycles. The first kappa shape index (κ1) is 18.0. The molecule has 1 atom stereocenters. The van der Waals surface area contributed by atoms with E-state index in [1.54, 1.807) is 44.9 Å². The normalized spacial score (nSPS) is 13.4. The summed E-state index contributed by atoms with van der Waals surface area (Å²) < 4.78 is 16.9. The average molecular weight is 351 g/mol. The maximum absolute atomic E-state index is 5.98. The fraction of sp³-hybridized carbons (Fsp3) is 0.333. The topological polar surface area (TPSA) is 27.7 Å². The average Bonchev–Trinajstić information content (AvgIpc) is 2.63. The summed E-state index contributed by atoms with van der Waals surface area (Å²) in [5.74, 6) is 1.50. The van der Waals surface area contributed by atoms with Crippen LogP contribution in [-0.2, 0) is 9.67 Å². The van der Waals surface area contributed by atoms with Crippen LogP contribution in [0.5, 0.6) is 11.5 Å². The Morgan fingerprint density at radius 3 is 2.04 bits per heavy atom. The first-order valence-electron chi connectivity index (χ1n) is 7.12. The van der Waals surface area contributed by atoms with Crippen LogP contribution in [0.1, 0.15) is 11.1 Å². The minimum atomic E-state index is -0.630. The minimum Gasteiger partial charge on any atom is -0.497 e. The molecule has 1 unspecified atom stereocenters. The summed E-state index contributed by atoms with van der Waals surface area (Å²) in [6.45, 7) is 0. The van der Waals surface area contributed by atoms with Gasteiger partial charge < -0.3 is 14.2 Å². The standard InChI is InChI=1S/C18H22O3S2/c1-19-14-8-11-16(17(12-14)20-2)18(21-3,23-5)13-6-9-15(22-4)10-7-13/h6-12H,1-5H3. The Hall–Kier alpha value is -1.30. The van der Waals surface area contributed by atoms with Crippen LogP contribution in [0.25, 0.3) is 0 Å². The molecule has 0 aliphatic heterocycles. The van der Waals surface area contributed by atoms with Gasteiger partial charge >= 0.3 is 0 Å². The number of hydrogen-bond donors (Lipinski definition) is 0. The van der Waals surface area contributed by atoms with Gasteiger partial charge in [-0.2, -0.15) is 0 Å². The lowest BCUT2D eigenvalue weighted by atomic mass is 9.99. The maximum Gasteiger partial charge on any atom is 0.167 e. The van der Waals surface area contributed by atoms with Crippen LogP contribution in [-0.4, -0.2) is 33.8 Å². The molecule has 0 saturated carbocycles. The van der Waals surface area contributed by atoms with E-state index in [0.717, 1.165) is 22.6 Å². The van der Waals surface area contributed by atoms with Crippen molar-refractivity contribution in [1.82, 2.24) is 0 Å². The Labute approximate surface area is 146 Å². The molecule has 2 aromatic carbocycles. The summed E-state index contributed by atoms with van der Waals surface area (Å²) >= 11 is 3.35. The number of ether oxygens (including phenoxy) is 3. The SMILES string of the molecule is COc1ccc(C(OC)(SC)c2ccc(SC)cc2)c(OC)c1. The van der Waals surface area contributed by atoms with E-state index in [1.807, 2.05) is 24.5 Å². The second-order valence-electron chi connectivity index (χ2n) is 4.82. The number of rotatable bonds is 7. The van der Waals surface area contributed by atoms with Gasteiger partial charge in [0.25, 0.3) is 0 Å². The highest BCUT2D eigenvalue weighted by molar-refractivity contribution is 7.99. The molecule has 0 radical (unpaired) electrons. The molecule has 0 aliphatic carbocycles. The van der Waals surface area contributed by atoms with Crippen LogP contribution in [0, 0.1) is 0 Å². The third-order valence-electron chi connectivity index (χ3n) is 3.81. The van der Waals surface area contributed by atoms with Gasteiger partial charge in [0.1, 0.15) is 11.5 Å². The van der Waals surface area contributed by atoms with Gasteiger partial charge in [0.05, 0.1) is 14.2 Å². The van der Waals surface area contributed by atoms with E-state index >= 15 is 0 Å². The lowest BCUT2D eigenvalue weighted by Gasteiger charge is -2.33. The predicted molar refractivity (Wildman–Crippen MR) is 99.1 cm³/mol. The first-order valence-corrected chi connectivity index (χ1v) is 9.57. The van der Waals surface area contributed by atoms with Crippen molar-refractivity contribution in [2.24, 2.45) is 0 Å². The van der Waals surface area contributed by atoms with Crippen molar-refractivity contribution >= 4 is 23.5 Å². The predicted octanol–water partition coefficient (Wildman–Crippen LogP) is 4.64. The quantitative estimate of drug-likeness (QED) is 0.536. The van der Waals surface area contributed by atoms with Gasteiger partial charge in [-0.1, -0.05) is 12.1 Å². The Morgan fingerprint density at radius 1 is 0.870 bits per heavy atom. The largest absolute Gasteiger partial charge is 0.497 e. The van der Waals surface area contributed by atoms with E-state index < -0.39 is 4.93 Å². The summed E-state index contributed by atoms with van der Waals surface area (Å²) in [4.78, 5) is 0.593. The molecule has 0 saturated heterocycles. The third-order valence-corrected chi connectivity index (χ3v) is 5.75. The highest BCUT2D eigenvalue weighted by atomic mass is 32.2. The molecule has 0 spiro atoms. The molecule has 2 rings (SSSR count). The van der Waals surface area contributed by atoms with Gasteiger partial charge in [0, 0.05) is 23.6 Å². The first-order chi connectivity index (χ1) is 11.1. The molecule has 0 aliphatic rings. The molecule has 5 heteroatoms. The zero-order chi connectivity index (χ0) is 16.9. The zero-order valence-corrected chi connectivity index (χ0v) is 15.7. The fourth-order valence-corrected chi connectivity index (χ4v) is 3.91. The van der Waals surface area contributed by atoms with Crippen LogP contribution in [0.15, 0.2) is 47.4 Å². The molecule has 2 aromatic rings. The molecule has 0 fully saturated rings. The van der Waals surface area contributed by atoms with Gasteiger partial charge in [-0.15, -0.1) is 23.5 Å². The van der Waals surface area contributed by atoms with Gasteiger partial charge in [0.2, 0.25) is 0 Å². The summed E-state index contributed by atoms with van der Waals surface area (Å²) in [7, 11) is 5.03. The van der Waals surface area contributed by atoms with Crippen LogP contribution >= 0.6 is 23.5 Å². The Balaban J connectivity index is 2.60. The van der Waals surface area contributed by atoms with Crippen LogP contribution in [0.3, 0.4) is 0 Å². The molecule has 0 bridgehead atoms. The second-order valence-corrected chi connectivity index (χ2v) is 6.68. The van der Waals surface area contributed by atoms with E-state index in [2.05, 4.69) is 30.5 Å². The van der Waals surface area contributed by atoms with E-state index in [9.17, 15) is 0 Å². The molecule has 23 heavy (non-hydrogen) atoms. The van der Waals surface area contributed by atoms with Crippen molar-refractivity contribution in [2.45, 2.75) is 9.83 Å². The monoisotopic (exact) mass is 350 g/mol. The Kier molecular flexibility index (Phi) is 6.27. The number of hydrogen-bond acceptors (Lipinski definition) is 5. The second kappa shape index (κ2) is 7.99. The van der Waals surface area contributed by atoms with Crippen molar-refractivity contribution in [1.29, 1.82) is 0 Å². The molecule has 0 aromatic heterocycles. The van der Waals surface area contributed by atoms with E-state index in [1.165, 1.54) is 4.90 Å². The lowest BCUT2D eigenvalue weighted by molar-refractivity contribution is 0.102. The summed E-state index contributed by atoms with van der Waals surface area (Å²) in [5.41, 5.74) is 2.04. The fourth-order valence-electron chi connectivity index (χ4n) is 2.58. The summed E-state index contributed by atoms with van der Waals surface area (Å²) in [5, 5.41) is 0. The van der Waals surface area contributed by atoms with Crippen molar-refractivity contribution in [3.63, 3.8) is 0 Å². The van der Waals surface area contributed by atoms with Crippen LogP contribution in [0.2, 0.25) is 0 Å². The van der Waals surface area contributed by atoms with Crippen molar-refractivity contribution in [2.75, 3.05) is 33.8 Å². The molecular formula is C18H22O3S2. The maximum atomic E-state index is 5.98. The van der Waals surface area contributed by atoms with Gasteiger partial charge in [-0.05, 0) is 42.3 Å². The Morgan fingerprint density at radius 2 is 1.57 bits per heavy atom. The number of methoxy groups -OCH3 is 3. The number of thioether (sulfide) groups is 2. The van der Waals surface area contributed by atoms with Gasteiger partial charge in [0.15, 0.2) is 4.93 Å². The molecule has 124 valence electrons. The highest BCUT2D eigenvalue weighted by Gasteiger charge is 2.36. The van der Waals surface area contributed by atoms with Crippen molar-refractivity contribution < 1.29 is 14.2 Å². The highest BCUT2D eigenvalue weighted by Crippen LogP contribution is 2.47. The van der Waals surface area contributed by atoms with Gasteiger partial charge in [-0.25, -0.2) is 0 Å². The Bertz CT molecular complexity index is 637. The smallest absolute Gasteiger partial charge is 0.167 e. The van der Waals surface area contributed by atoms with Crippen LogP contribution < -0.4 is 9.47 Å².